The highest BCUT2D eigenvalue weighted by Crippen LogP contribution is 2.07. The van der Waals surface area contributed by atoms with Crippen LogP contribution in [0.15, 0.2) is 10.8 Å². The summed E-state index contributed by atoms with van der Waals surface area (Å²) in [6.45, 7) is 0. The lowest BCUT2D eigenvalue weighted by molar-refractivity contribution is 0.0999. The molecule has 1 amide bonds. The Morgan fingerprint density at radius 2 is 2.60 bits per heavy atom. The van der Waals surface area contributed by atoms with Gasteiger partial charge in [-0.05, 0) is 0 Å². The lowest BCUT2D eigenvalue weighted by atomic mass is 10.2. The standard InChI is InChI=1S/C5H5ClN2O2/c6-1-4-3(5(7)9)2-10-8-4/h2H,1H2,(H2,7,9). The van der Waals surface area contributed by atoms with Crippen molar-refractivity contribution in [1.29, 1.82) is 0 Å². The molecule has 0 saturated heterocycles. The van der Waals surface area contributed by atoms with E-state index >= 15 is 0 Å². The smallest absolute Gasteiger partial charge is 0.253 e. The first kappa shape index (κ1) is 7.08. The van der Waals surface area contributed by atoms with Crippen LogP contribution in [0.1, 0.15) is 16.1 Å². The van der Waals surface area contributed by atoms with Gasteiger partial charge >= 0.3 is 0 Å². The zero-order valence-electron chi connectivity index (χ0n) is 5.00. The highest BCUT2D eigenvalue weighted by Gasteiger charge is 2.10. The predicted octanol–water partition coefficient (Wildman–Crippen LogP) is 0.512. The Labute approximate surface area is 61.9 Å². The average Bonchev–Trinajstić information content (AvgIpc) is 2.33. The molecule has 4 nitrogen and oxygen atoms in total. The maximum absolute atomic E-state index is 10.5. The largest absolute Gasteiger partial charge is 0.365 e. The molecule has 5 heteroatoms. The van der Waals surface area contributed by atoms with Crippen LogP contribution in [0.25, 0.3) is 0 Å². The molecule has 1 heterocycles. The summed E-state index contributed by atoms with van der Waals surface area (Å²) in [5.41, 5.74) is 5.57. The van der Waals surface area contributed by atoms with E-state index in [0.717, 1.165) is 0 Å². The Balaban J connectivity index is 3.01. The fourth-order valence-electron chi connectivity index (χ4n) is 0.557. The maximum Gasteiger partial charge on any atom is 0.253 e. The second-order valence-electron chi connectivity index (χ2n) is 1.67. The van der Waals surface area contributed by atoms with Gasteiger partial charge in [-0.2, -0.15) is 0 Å². The highest BCUT2D eigenvalue weighted by molar-refractivity contribution is 6.17. The zero-order valence-corrected chi connectivity index (χ0v) is 5.76. The molecule has 1 aromatic rings. The molecule has 0 fully saturated rings. The number of alkyl halides is 1. The van der Waals surface area contributed by atoms with E-state index in [1.807, 2.05) is 0 Å². The van der Waals surface area contributed by atoms with Gasteiger partial charge in [0.15, 0.2) is 0 Å². The van der Waals surface area contributed by atoms with Gasteiger partial charge in [-0.25, -0.2) is 0 Å². The molecule has 0 aliphatic heterocycles. The van der Waals surface area contributed by atoms with E-state index in [-0.39, 0.29) is 11.4 Å². The topological polar surface area (TPSA) is 69.1 Å². The summed E-state index contributed by atoms with van der Waals surface area (Å²) in [6, 6.07) is 0. The van der Waals surface area contributed by atoms with Crippen LogP contribution in [-0.2, 0) is 5.88 Å². The van der Waals surface area contributed by atoms with Gasteiger partial charge in [0.25, 0.3) is 5.91 Å². The third kappa shape index (κ3) is 1.11. The maximum atomic E-state index is 10.5. The van der Waals surface area contributed by atoms with E-state index in [1.54, 1.807) is 0 Å². The molecule has 0 aliphatic rings. The fourth-order valence-corrected chi connectivity index (χ4v) is 0.749. The molecule has 1 rings (SSSR count). The second-order valence-corrected chi connectivity index (χ2v) is 1.94. The summed E-state index contributed by atoms with van der Waals surface area (Å²) >= 11 is 5.39. The Morgan fingerprint density at radius 1 is 1.90 bits per heavy atom. The van der Waals surface area contributed by atoms with E-state index in [9.17, 15) is 4.79 Å². The van der Waals surface area contributed by atoms with Gasteiger partial charge in [0.2, 0.25) is 0 Å². The van der Waals surface area contributed by atoms with Crippen molar-refractivity contribution in [3.05, 3.63) is 17.5 Å². The molecule has 0 saturated carbocycles. The quantitative estimate of drug-likeness (QED) is 0.641. The Kier molecular flexibility index (Phi) is 1.91. The van der Waals surface area contributed by atoms with Crippen molar-refractivity contribution in [3.63, 3.8) is 0 Å². The van der Waals surface area contributed by atoms with Crippen molar-refractivity contribution in [1.82, 2.24) is 5.16 Å². The molecule has 2 N–H and O–H groups in total. The SMILES string of the molecule is NC(=O)c1conc1CCl. The van der Waals surface area contributed by atoms with E-state index in [0.29, 0.717) is 5.69 Å². The van der Waals surface area contributed by atoms with Crippen LogP contribution in [0, 0.1) is 0 Å². The number of rotatable bonds is 2. The van der Waals surface area contributed by atoms with Gasteiger partial charge in [0.05, 0.1) is 5.88 Å². The van der Waals surface area contributed by atoms with Gasteiger partial charge in [0.1, 0.15) is 17.5 Å². The number of carbonyl (C=O) groups excluding carboxylic acids is 1. The molecule has 0 spiro atoms. The lowest BCUT2D eigenvalue weighted by Gasteiger charge is -1.87. The fraction of sp³-hybridized carbons (Fsp3) is 0.200. The minimum absolute atomic E-state index is 0.134. The monoisotopic (exact) mass is 160 g/mol. The number of carbonyl (C=O) groups is 1. The first-order chi connectivity index (χ1) is 4.75. The minimum Gasteiger partial charge on any atom is -0.365 e. The Hall–Kier alpha value is -1.03. The molecule has 10 heavy (non-hydrogen) atoms. The van der Waals surface area contributed by atoms with Crippen molar-refractivity contribution < 1.29 is 9.32 Å². The summed E-state index contributed by atoms with van der Waals surface area (Å²) in [7, 11) is 0. The summed E-state index contributed by atoms with van der Waals surface area (Å²) in [5, 5.41) is 3.45. The molecule has 0 atom stereocenters. The van der Waals surface area contributed by atoms with E-state index < -0.39 is 5.91 Å². The van der Waals surface area contributed by atoms with E-state index in [4.69, 9.17) is 17.3 Å². The lowest BCUT2D eigenvalue weighted by Crippen LogP contribution is -2.11. The summed E-state index contributed by atoms with van der Waals surface area (Å²) in [5.74, 6) is -0.439. The molecule has 1 aromatic heterocycles. The second kappa shape index (κ2) is 2.70. The van der Waals surface area contributed by atoms with Crippen LogP contribution in [0.5, 0.6) is 0 Å². The first-order valence-electron chi connectivity index (χ1n) is 2.54. The normalized spacial score (nSPS) is 9.70. The molecule has 0 unspecified atom stereocenters. The number of aromatic nitrogens is 1. The number of primary amides is 1. The van der Waals surface area contributed by atoms with Gasteiger partial charge in [-0.15, -0.1) is 11.6 Å². The van der Waals surface area contributed by atoms with Crippen LogP contribution < -0.4 is 5.73 Å². The number of hydrogen-bond donors (Lipinski definition) is 1. The van der Waals surface area contributed by atoms with Crippen LogP contribution in [0.2, 0.25) is 0 Å². The van der Waals surface area contributed by atoms with E-state index in [1.165, 1.54) is 6.26 Å². The predicted molar refractivity (Wildman–Crippen MR) is 34.6 cm³/mol. The summed E-state index contributed by atoms with van der Waals surface area (Å²) in [6.07, 6.45) is 1.18. The minimum atomic E-state index is -0.572. The third-order valence-electron chi connectivity index (χ3n) is 1.04. The molecule has 0 aliphatic carbocycles. The van der Waals surface area contributed by atoms with Crippen molar-refractivity contribution in [2.45, 2.75) is 5.88 Å². The molecule has 54 valence electrons. The number of amides is 1. The van der Waals surface area contributed by atoms with Crippen molar-refractivity contribution in [2.24, 2.45) is 5.73 Å². The van der Waals surface area contributed by atoms with Crippen LogP contribution in [-0.4, -0.2) is 11.1 Å². The van der Waals surface area contributed by atoms with Crippen molar-refractivity contribution in [2.75, 3.05) is 0 Å². The van der Waals surface area contributed by atoms with Gasteiger partial charge in [0, 0.05) is 0 Å². The van der Waals surface area contributed by atoms with Crippen LogP contribution in [0.4, 0.5) is 0 Å². The van der Waals surface area contributed by atoms with Crippen LogP contribution in [0.3, 0.4) is 0 Å². The first-order valence-corrected chi connectivity index (χ1v) is 3.08. The van der Waals surface area contributed by atoms with Gasteiger partial charge < -0.3 is 10.3 Å². The summed E-state index contributed by atoms with van der Waals surface area (Å²) in [4.78, 5) is 10.5. The number of halogens is 1. The van der Waals surface area contributed by atoms with E-state index in [2.05, 4.69) is 9.68 Å². The average molecular weight is 161 g/mol. The number of hydrogen-bond acceptors (Lipinski definition) is 3. The Bertz CT molecular complexity index is 246. The number of nitrogens with two attached hydrogens (primary N) is 1. The molecule has 0 radical (unpaired) electrons. The molecular formula is C5H5ClN2O2. The third-order valence-corrected chi connectivity index (χ3v) is 1.29. The highest BCUT2D eigenvalue weighted by atomic mass is 35.5. The molecular weight excluding hydrogens is 156 g/mol. The van der Waals surface area contributed by atoms with Gasteiger partial charge in [-0.3, -0.25) is 4.79 Å². The molecule has 0 bridgehead atoms. The van der Waals surface area contributed by atoms with Crippen molar-refractivity contribution >= 4 is 17.5 Å². The zero-order chi connectivity index (χ0) is 7.56. The van der Waals surface area contributed by atoms with Crippen molar-refractivity contribution in [3.8, 4) is 0 Å². The number of nitrogens with zero attached hydrogens (tertiary/aromatic N) is 1. The summed E-state index contributed by atoms with van der Waals surface area (Å²) < 4.78 is 4.46. The van der Waals surface area contributed by atoms with Crippen LogP contribution >= 0.6 is 11.6 Å². The molecule has 0 aromatic carbocycles. The van der Waals surface area contributed by atoms with Gasteiger partial charge in [-0.1, -0.05) is 5.16 Å². The Morgan fingerprint density at radius 3 is 3.00 bits per heavy atom.